The summed E-state index contributed by atoms with van der Waals surface area (Å²) in [5, 5.41) is 3.52. The lowest BCUT2D eigenvalue weighted by atomic mass is 10.3. The van der Waals surface area contributed by atoms with Crippen molar-refractivity contribution in [2.75, 3.05) is 19.5 Å². The molecule has 0 bridgehead atoms. The number of nitrogens with one attached hydrogen (secondary N) is 3. The molecular formula is C9H13N3OS. The molecule has 1 aromatic rings. The molecule has 0 unspecified atom stereocenters. The first-order valence-electron chi connectivity index (χ1n) is 4.14. The molecule has 0 saturated carbocycles. The van der Waals surface area contributed by atoms with Crippen molar-refractivity contribution < 1.29 is 4.74 Å². The molecule has 0 spiro atoms. The second-order valence-corrected chi connectivity index (χ2v) is 2.97. The number of hydrazine groups is 1. The summed E-state index contributed by atoms with van der Waals surface area (Å²) in [6.45, 7) is 0. The Labute approximate surface area is 88.6 Å². The lowest BCUT2D eigenvalue weighted by Gasteiger charge is -2.09. The summed E-state index contributed by atoms with van der Waals surface area (Å²) in [6.07, 6.45) is 0. The molecule has 0 radical (unpaired) electrons. The zero-order valence-electron chi connectivity index (χ0n) is 8.13. The molecule has 0 aromatic heterocycles. The van der Waals surface area contributed by atoms with Gasteiger partial charge in [-0.1, -0.05) is 0 Å². The molecule has 3 N–H and O–H groups in total. The first kappa shape index (κ1) is 10.7. The van der Waals surface area contributed by atoms with Gasteiger partial charge in [-0.25, -0.2) is 5.43 Å². The van der Waals surface area contributed by atoms with Gasteiger partial charge in [0.15, 0.2) is 5.11 Å². The Balaban J connectivity index is 2.55. The molecule has 0 amide bonds. The van der Waals surface area contributed by atoms with Gasteiger partial charge in [-0.15, -0.1) is 0 Å². The summed E-state index contributed by atoms with van der Waals surface area (Å²) in [4.78, 5) is 0. The predicted molar refractivity (Wildman–Crippen MR) is 61.4 cm³/mol. The molecule has 1 rings (SSSR count). The van der Waals surface area contributed by atoms with E-state index in [1.165, 1.54) is 0 Å². The van der Waals surface area contributed by atoms with Crippen LogP contribution in [-0.2, 0) is 0 Å². The van der Waals surface area contributed by atoms with Crippen molar-refractivity contribution in [3.05, 3.63) is 24.3 Å². The van der Waals surface area contributed by atoms with Crippen LogP contribution in [-0.4, -0.2) is 19.3 Å². The second-order valence-electron chi connectivity index (χ2n) is 2.56. The van der Waals surface area contributed by atoms with Crippen LogP contribution in [0, 0.1) is 0 Å². The maximum absolute atomic E-state index is 5.03. The number of methoxy groups -OCH3 is 1. The highest BCUT2D eigenvalue weighted by Crippen LogP contribution is 2.14. The van der Waals surface area contributed by atoms with Gasteiger partial charge in [0.05, 0.1) is 7.11 Å². The van der Waals surface area contributed by atoms with Crippen molar-refractivity contribution in [1.29, 1.82) is 0 Å². The molecule has 5 heteroatoms. The van der Waals surface area contributed by atoms with Crippen LogP contribution in [0.3, 0.4) is 0 Å². The Morgan fingerprint density at radius 1 is 1.29 bits per heavy atom. The lowest BCUT2D eigenvalue weighted by Crippen LogP contribution is -2.37. The van der Waals surface area contributed by atoms with Gasteiger partial charge < -0.3 is 10.1 Å². The summed E-state index contributed by atoms with van der Waals surface area (Å²) < 4.78 is 5.03. The number of hydrogen-bond donors (Lipinski definition) is 3. The largest absolute Gasteiger partial charge is 0.497 e. The molecule has 0 atom stereocenters. The number of rotatable bonds is 3. The van der Waals surface area contributed by atoms with Crippen molar-refractivity contribution in [3.63, 3.8) is 0 Å². The highest BCUT2D eigenvalue weighted by atomic mass is 32.1. The summed E-state index contributed by atoms with van der Waals surface area (Å²) in [5.41, 5.74) is 6.41. The fourth-order valence-electron chi connectivity index (χ4n) is 0.950. The van der Waals surface area contributed by atoms with E-state index in [2.05, 4.69) is 16.2 Å². The molecule has 14 heavy (non-hydrogen) atoms. The fourth-order valence-corrected chi connectivity index (χ4v) is 1.17. The molecule has 1 aromatic carbocycles. The van der Waals surface area contributed by atoms with Gasteiger partial charge in [0, 0.05) is 12.7 Å². The zero-order chi connectivity index (χ0) is 10.4. The van der Waals surface area contributed by atoms with Crippen LogP contribution in [0.5, 0.6) is 5.75 Å². The van der Waals surface area contributed by atoms with Crippen molar-refractivity contribution in [3.8, 4) is 5.75 Å². The van der Waals surface area contributed by atoms with Crippen LogP contribution in [0.1, 0.15) is 0 Å². The topological polar surface area (TPSA) is 45.3 Å². The number of anilines is 1. The Bertz CT molecular complexity index is 299. The van der Waals surface area contributed by atoms with Crippen molar-refractivity contribution >= 4 is 23.0 Å². The highest BCUT2D eigenvalue weighted by molar-refractivity contribution is 7.80. The Morgan fingerprint density at radius 2 is 1.93 bits per heavy atom. The molecule has 4 nitrogen and oxygen atoms in total. The van der Waals surface area contributed by atoms with Gasteiger partial charge >= 0.3 is 0 Å². The third kappa shape index (κ3) is 3.20. The molecule has 0 aliphatic rings. The van der Waals surface area contributed by atoms with E-state index < -0.39 is 0 Å². The molecule has 0 fully saturated rings. The zero-order valence-corrected chi connectivity index (χ0v) is 8.94. The average molecular weight is 211 g/mol. The van der Waals surface area contributed by atoms with E-state index >= 15 is 0 Å². The van der Waals surface area contributed by atoms with E-state index in [1.807, 2.05) is 24.3 Å². The molecular weight excluding hydrogens is 198 g/mol. The van der Waals surface area contributed by atoms with Crippen LogP contribution in [0.2, 0.25) is 0 Å². The summed E-state index contributed by atoms with van der Waals surface area (Å²) in [7, 11) is 3.39. The van der Waals surface area contributed by atoms with Gasteiger partial charge in [0.25, 0.3) is 0 Å². The summed E-state index contributed by atoms with van der Waals surface area (Å²) >= 11 is 4.98. The summed E-state index contributed by atoms with van der Waals surface area (Å²) in [6, 6.07) is 7.51. The maximum Gasteiger partial charge on any atom is 0.185 e. The van der Waals surface area contributed by atoms with E-state index in [-0.39, 0.29) is 0 Å². The van der Waals surface area contributed by atoms with Crippen LogP contribution >= 0.6 is 12.2 Å². The molecule has 76 valence electrons. The summed E-state index contributed by atoms with van der Waals surface area (Å²) in [5.74, 6) is 0.822. The van der Waals surface area contributed by atoms with Crippen LogP contribution in [0.25, 0.3) is 0 Å². The van der Waals surface area contributed by atoms with Gasteiger partial charge in [0.1, 0.15) is 5.75 Å². The predicted octanol–water partition coefficient (Wildman–Crippen LogP) is 1.12. The number of thiocarbonyl (C=S) groups is 1. The van der Waals surface area contributed by atoms with E-state index in [0.29, 0.717) is 5.11 Å². The number of hydrogen-bond acceptors (Lipinski definition) is 3. The number of benzene rings is 1. The van der Waals surface area contributed by atoms with Gasteiger partial charge in [-0.2, -0.15) is 0 Å². The van der Waals surface area contributed by atoms with Gasteiger partial charge in [-0.05, 0) is 36.5 Å². The quantitative estimate of drug-likeness (QED) is 0.516. The van der Waals surface area contributed by atoms with Crippen molar-refractivity contribution in [2.24, 2.45) is 0 Å². The minimum atomic E-state index is 0.526. The Morgan fingerprint density at radius 3 is 2.43 bits per heavy atom. The van der Waals surface area contributed by atoms with Gasteiger partial charge in [-0.3, -0.25) is 5.43 Å². The first-order chi connectivity index (χ1) is 6.76. The third-order valence-electron chi connectivity index (χ3n) is 1.59. The number of ether oxygens (including phenoxy) is 1. The minimum absolute atomic E-state index is 0.526. The molecule has 0 aliphatic carbocycles. The van der Waals surface area contributed by atoms with E-state index in [4.69, 9.17) is 17.0 Å². The molecule has 0 aliphatic heterocycles. The molecule has 0 saturated heterocycles. The van der Waals surface area contributed by atoms with Crippen molar-refractivity contribution in [2.45, 2.75) is 0 Å². The average Bonchev–Trinajstić information content (AvgIpc) is 2.19. The van der Waals surface area contributed by atoms with Crippen LogP contribution in [0.15, 0.2) is 24.3 Å². The highest BCUT2D eigenvalue weighted by Gasteiger charge is 1.95. The fraction of sp³-hybridized carbons (Fsp3) is 0.222. The smallest absolute Gasteiger partial charge is 0.185 e. The normalized spacial score (nSPS) is 9.29. The van der Waals surface area contributed by atoms with Crippen molar-refractivity contribution in [1.82, 2.24) is 10.9 Å². The van der Waals surface area contributed by atoms with E-state index in [1.54, 1.807) is 14.2 Å². The Hall–Kier alpha value is -1.33. The standard InChI is InChI=1S/C9H13N3OS/c1-10-12-9(14)11-7-3-5-8(13-2)6-4-7/h3-6,10H,1-2H3,(H2,11,12,14). The van der Waals surface area contributed by atoms with E-state index in [9.17, 15) is 0 Å². The monoisotopic (exact) mass is 211 g/mol. The maximum atomic E-state index is 5.03. The third-order valence-corrected chi connectivity index (χ3v) is 1.79. The Kier molecular flexibility index (Phi) is 4.15. The molecule has 0 heterocycles. The van der Waals surface area contributed by atoms with E-state index in [0.717, 1.165) is 11.4 Å². The van der Waals surface area contributed by atoms with Crippen LogP contribution < -0.4 is 20.9 Å². The minimum Gasteiger partial charge on any atom is -0.497 e. The van der Waals surface area contributed by atoms with Crippen LogP contribution in [0.4, 0.5) is 5.69 Å². The SMILES string of the molecule is CNNC(=S)Nc1ccc(OC)cc1. The second kappa shape index (κ2) is 5.41. The lowest BCUT2D eigenvalue weighted by molar-refractivity contribution is 0.415. The first-order valence-corrected chi connectivity index (χ1v) is 4.55. The van der Waals surface area contributed by atoms with Gasteiger partial charge in [0.2, 0.25) is 0 Å².